The Kier molecular flexibility index (Phi) is 5.31. The fourth-order valence-electron chi connectivity index (χ4n) is 2.36. The molecule has 0 bridgehead atoms. The summed E-state index contributed by atoms with van der Waals surface area (Å²) >= 11 is 0. The molecule has 0 spiro atoms. The van der Waals surface area contributed by atoms with Gasteiger partial charge in [0.1, 0.15) is 5.78 Å². The molecule has 0 aromatic heterocycles. The van der Waals surface area contributed by atoms with Crippen LogP contribution in [-0.4, -0.2) is 55.5 Å². The van der Waals surface area contributed by atoms with Crippen LogP contribution in [0.2, 0.25) is 0 Å². The minimum absolute atomic E-state index is 0.0151. The Morgan fingerprint density at radius 3 is 2.14 bits per heavy atom. The Labute approximate surface area is 130 Å². The van der Waals surface area contributed by atoms with Crippen molar-refractivity contribution in [2.75, 3.05) is 26.2 Å². The lowest BCUT2D eigenvalue weighted by atomic mass is 10.2. The molecule has 1 aromatic rings. The van der Waals surface area contributed by atoms with Gasteiger partial charge < -0.3 is 9.69 Å². The van der Waals surface area contributed by atoms with E-state index in [1.165, 1.54) is 11.2 Å². The predicted molar refractivity (Wildman–Crippen MR) is 81.7 cm³/mol. The zero-order valence-corrected chi connectivity index (χ0v) is 13.4. The highest BCUT2D eigenvalue weighted by Gasteiger charge is 2.29. The van der Waals surface area contributed by atoms with Crippen LogP contribution in [0.3, 0.4) is 0 Å². The smallest absolute Gasteiger partial charge is 0.243 e. The molecule has 1 aliphatic heterocycles. The summed E-state index contributed by atoms with van der Waals surface area (Å²) in [6.45, 7) is 2.75. The van der Waals surface area contributed by atoms with Crippen molar-refractivity contribution < 1.29 is 18.0 Å². The van der Waals surface area contributed by atoms with Crippen LogP contribution in [0.1, 0.15) is 19.8 Å². The minimum Gasteiger partial charge on any atom is -0.340 e. The number of Topliss-reactive ketones (excluding diaryl/α,β-unsaturated/α-hetero) is 1. The number of sulfonamides is 1. The maximum absolute atomic E-state index is 12.5. The number of rotatable bonds is 5. The van der Waals surface area contributed by atoms with Crippen molar-refractivity contribution in [3.8, 4) is 0 Å². The summed E-state index contributed by atoms with van der Waals surface area (Å²) in [5.41, 5.74) is 0. The summed E-state index contributed by atoms with van der Waals surface area (Å²) in [6.07, 6.45) is 0.433. The van der Waals surface area contributed by atoms with Crippen LogP contribution in [0, 0.1) is 0 Å². The SMILES string of the molecule is CC(=O)CCC(=O)N1CCN(S(=O)(=O)c2ccccc2)CC1. The van der Waals surface area contributed by atoms with E-state index in [1.807, 2.05) is 0 Å². The third-order valence-electron chi connectivity index (χ3n) is 3.66. The zero-order chi connectivity index (χ0) is 16.2. The molecule has 2 rings (SSSR count). The fraction of sp³-hybridized carbons (Fsp3) is 0.467. The number of nitrogens with zero attached hydrogens (tertiary/aromatic N) is 2. The van der Waals surface area contributed by atoms with Crippen LogP contribution in [0.5, 0.6) is 0 Å². The fourth-order valence-corrected chi connectivity index (χ4v) is 3.80. The maximum atomic E-state index is 12.5. The molecule has 0 atom stereocenters. The molecule has 0 unspecified atom stereocenters. The van der Waals surface area contributed by atoms with Gasteiger partial charge in [0.25, 0.3) is 0 Å². The van der Waals surface area contributed by atoms with Crippen molar-refractivity contribution in [1.29, 1.82) is 0 Å². The normalized spacial score (nSPS) is 16.5. The summed E-state index contributed by atoms with van der Waals surface area (Å²) < 4.78 is 26.3. The number of ketones is 1. The van der Waals surface area contributed by atoms with Gasteiger partial charge in [-0.25, -0.2) is 8.42 Å². The Balaban J connectivity index is 1.95. The lowest BCUT2D eigenvalue weighted by Crippen LogP contribution is -2.50. The van der Waals surface area contributed by atoms with E-state index in [9.17, 15) is 18.0 Å². The molecule has 1 fully saturated rings. The number of amides is 1. The first kappa shape index (κ1) is 16.6. The molecular formula is C15H20N2O4S. The van der Waals surface area contributed by atoms with Gasteiger partial charge in [0.15, 0.2) is 0 Å². The number of carbonyl (C=O) groups is 2. The second kappa shape index (κ2) is 7.02. The lowest BCUT2D eigenvalue weighted by molar-refractivity contribution is -0.134. The second-order valence-corrected chi connectivity index (χ2v) is 7.24. The van der Waals surface area contributed by atoms with E-state index >= 15 is 0 Å². The first-order chi connectivity index (χ1) is 10.4. The Morgan fingerprint density at radius 2 is 1.59 bits per heavy atom. The van der Waals surface area contributed by atoms with E-state index in [0.717, 1.165) is 0 Å². The highest BCUT2D eigenvalue weighted by Crippen LogP contribution is 2.17. The van der Waals surface area contributed by atoms with Crippen LogP contribution < -0.4 is 0 Å². The quantitative estimate of drug-likeness (QED) is 0.806. The van der Waals surface area contributed by atoms with E-state index in [0.29, 0.717) is 13.1 Å². The molecule has 1 aromatic carbocycles. The molecule has 1 aliphatic rings. The molecule has 1 amide bonds. The van der Waals surface area contributed by atoms with Gasteiger partial charge in [-0.15, -0.1) is 0 Å². The summed E-state index contributed by atoms with van der Waals surface area (Å²) in [7, 11) is -3.50. The van der Waals surface area contributed by atoms with Crippen molar-refractivity contribution >= 4 is 21.7 Å². The number of hydrogen-bond acceptors (Lipinski definition) is 4. The Morgan fingerprint density at radius 1 is 1.00 bits per heavy atom. The highest BCUT2D eigenvalue weighted by atomic mass is 32.2. The standard InChI is InChI=1S/C15H20N2O4S/c1-13(18)7-8-15(19)16-9-11-17(12-10-16)22(20,21)14-5-3-2-4-6-14/h2-6H,7-12H2,1H3. The molecule has 6 nitrogen and oxygen atoms in total. The van der Waals surface area contributed by atoms with E-state index < -0.39 is 10.0 Å². The van der Waals surface area contributed by atoms with Crippen molar-refractivity contribution in [3.63, 3.8) is 0 Å². The van der Waals surface area contributed by atoms with Gasteiger partial charge in [0.2, 0.25) is 15.9 Å². The molecule has 0 radical (unpaired) electrons. The molecule has 1 heterocycles. The molecule has 0 N–H and O–H groups in total. The number of benzene rings is 1. The molecule has 1 saturated heterocycles. The third kappa shape index (κ3) is 3.92. The van der Waals surface area contributed by atoms with Crippen molar-refractivity contribution in [2.24, 2.45) is 0 Å². The predicted octanol–water partition coefficient (Wildman–Crippen LogP) is 0.889. The molecule has 120 valence electrons. The Bertz CT molecular complexity index is 635. The first-order valence-corrected chi connectivity index (χ1v) is 8.67. The maximum Gasteiger partial charge on any atom is 0.243 e. The van der Waals surface area contributed by atoms with Crippen LogP contribution in [0.15, 0.2) is 35.2 Å². The summed E-state index contributed by atoms with van der Waals surface area (Å²) in [5, 5.41) is 0. The van der Waals surface area contributed by atoms with Gasteiger partial charge in [-0.05, 0) is 19.1 Å². The van der Waals surface area contributed by atoms with E-state index in [2.05, 4.69) is 0 Å². The van der Waals surface area contributed by atoms with Crippen LogP contribution in [-0.2, 0) is 19.6 Å². The highest BCUT2D eigenvalue weighted by molar-refractivity contribution is 7.89. The lowest BCUT2D eigenvalue weighted by Gasteiger charge is -2.34. The largest absolute Gasteiger partial charge is 0.340 e. The average Bonchev–Trinajstić information content (AvgIpc) is 2.53. The number of carbonyl (C=O) groups excluding carboxylic acids is 2. The monoisotopic (exact) mass is 324 g/mol. The van der Waals surface area contributed by atoms with Crippen molar-refractivity contribution in [1.82, 2.24) is 9.21 Å². The van der Waals surface area contributed by atoms with Crippen LogP contribution in [0.4, 0.5) is 0 Å². The van der Waals surface area contributed by atoms with E-state index in [1.54, 1.807) is 35.2 Å². The summed E-state index contributed by atoms with van der Waals surface area (Å²) in [4.78, 5) is 24.7. The summed E-state index contributed by atoms with van der Waals surface area (Å²) in [6, 6.07) is 8.28. The van der Waals surface area contributed by atoms with Crippen molar-refractivity contribution in [2.45, 2.75) is 24.7 Å². The molecular weight excluding hydrogens is 304 g/mol. The zero-order valence-electron chi connectivity index (χ0n) is 12.6. The van der Waals surface area contributed by atoms with E-state index in [-0.39, 0.29) is 42.5 Å². The number of hydrogen-bond donors (Lipinski definition) is 0. The van der Waals surface area contributed by atoms with Crippen LogP contribution in [0.25, 0.3) is 0 Å². The van der Waals surface area contributed by atoms with Gasteiger partial charge in [-0.3, -0.25) is 4.79 Å². The second-order valence-electron chi connectivity index (χ2n) is 5.30. The van der Waals surface area contributed by atoms with Crippen molar-refractivity contribution in [3.05, 3.63) is 30.3 Å². The van der Waals surface area contributed by atoms with E-state index in [4.69, 9.17) is 0 Å². The molecule has 0 saturated carbocycles. The van der Waals surface area contributed by atoms with Gasteiger partial charge in [0, 0.05) is 39.0 Å². The van der Waals surface area contributed by atoms with Gasteiger partial charge in [0.05, 0.1) is 4.90 Å². The molecule has 7 heteroatoms. The van der Waals surface area contributed by atoms with Gasteiger partial charge in [-0.2, -0.15) is 4.31 Å². The third-order valence-corrected chi connectivity index (χ3v) is 5.58. The first-order valence-electron chi connectivity index (χ1n) is 7.23. The van der Waals surface area contributed by atoms with Gasteiger partial charge in [-0.1, -0.05) is 18.2 Å². The summed E-state index contributed by atoms with van der Waals surface area (Å²) in [5.74, 6) is -0.106. The number of piperazine rings is 1. The average molecular weight is 324 g/mol. The van der Waals surface area contributed by atoms with Crippen LogP contribution >= 0.6 is 0 Å². The topological polar surface area (TPSA) is 74.8 Å². The Hall–Kier alpha value is -1.73. The van der Waals surface area contributed by atoms with Gasteiger partial charge >= 0.3 is 0 Å². The molecule has 0 aliphatic carbocycles. The molecule has 22 heavy (non-hydrogen) atoms. The minimum atomic E-state index is -3.50.